The van der Waals surface area contributed by atoms with Crippen LogP contribution in [0.15, 0.2) is 34.5 Å². The van der Waals surface area contributed by atoms with Crippen LogP contribution in [0.2, 0.25) is 0 Å². The van der Waals surface area contributed by atoms with Crippen molar-refractivity contribution in [1.29, 1.82) is 0 Å². The lowest BCUT2D eigenvalue weighted by Crippen LogP contribution is -2.23. The van der Waals surface area contributed by atoms with Gasteiger partial charge < -0.3 is 0 Å². The molecule has 3 aliphatic rings. The van der Waals surface area contributed by atoms with Crippen molar-refractivity contribution in [2.45, 2.75) is 18.3 Å². The molecule has 0 amide bonds. The van der Waals surface area contributed by atoms with E-state index in [0.29, 0.717) is 0 Å². The second-order valence-electron chi connectivity index (χ2n) is 5.85. The minimum Gasteiger partial charge on any atom is -0.278 e. The molecular formula is C12H15O10PS3. The molecule has 146 valence electrons. The van der Waals surface area contributed by atoms with Gasteiger partial charge in [0, 0.05) is 16.2 Å². The summed E-state index contributed by atoms with van der Waals surface area (Å²) < 4.78 is 97.3. The van der Waals surface area contributed by atoms with Crippen LogP contribution in [0.1, 0.15) is 0 Å². The molecule has 3 atom stereocenters. The summed E-state index contributed by atoms with van der Waals surface area (Å²) in [6.07, 6.45) is 0.0605. The van der Waals surface area contributed by atoms with Crippen molar-refractivity contribution in [3.8, 4) is 0 Å². The fraction of sp³-hybridized carbons (Fsp3) is 0.500. The van der Waals surface area contributed by atoms with Crippen LogP contribution in [0, 0.1) is 0 Å². The molecule has 0 saturated heterocycles. The van der Waals surface area contributed by atoms with Gasteiger partial charge in [0.05, 0.1) is 17.3 Å². The smallest absolute Gasteiger partial charge is 0.278 e. The van der Waals surface area contributed by atoms with Crippen LogP contribution in [0.5, 0.6) is 0 Å². The predicted octanol–water partition coefficient (Wildman–Crippen LogP) is 0.0764. The summed E-state index contributed by atoms with van der Waals surface area (Å²) in [6, 6.07) is 0. The Balaban J connectivity index is 1.77. The van der Waals surface area contributed by atoms with Crippen LogP contribution in [0.25, 0.3) is 0 Å². The summed E-state index contributed by atoms with van der Waals surface area (Å²) in [4.78, 5) is 0. The van der Waals surface area contributed by atoms with Gasteiger partial charge in [-0.25, -0.2) is 29.8 Å². The van der Waals surface area contributed by atoms with Crippen molar-refractivity contribution in [2.24, 2.45) is 0 Å². The minimum atomic E-state index is -4.48. The van der Waals surface area contributed by atoms with Crippen LogP contribution in [0.4, 0.5) is 0 Å². The molecule has 3 heterocycles. The Morgan fingerprint density at radius 1 is 0.615 bits per heavy atom. The molecule has 14 heteroatoms. The average molecular weight is 446 g/mol. The molecule has 10 nitrogen and oxygen atoms in total. The van der Waals surface area contributed by atoms with E-state index >= 15 is 0 Å². The lowest BCUT2D eigenvalue weighted by atomic mass is 10.4. The largest absolute Gasteiger partial charge is 0.476 e. The van der Waals surface area contributed by atoms with E-state index in [4.69, 9.17) is 13.6 Å². The monoisotopic (exact) mass is 446 g/mol. The van der Waals surface area contributed by atoms with Gasteiger partial charge in [-0.2, -0.15) is 0 Å². The lowest BCUT2D eigenvalue weighted by Gasteiger charge is -2.24. The highest BCUT2D eigenvalue weighted by Crippen LogP contribution is 2.54. The van der Waals surface area contributed by atoms with E-state index in [-0.39, 0.29) is 0 Å². The summed E-state index contributed by atoms with van der Waals surface area (Å²) in [5.41, 5.74) is 0. The third kappa shape index (κ3) is 5.12. The van der Waals surface area contributed by atoms with Crippen molar-refractivity contribution in [3.05, 3.63) is 34.5 Å². The van der Waals surface area contributed by atoms with Crippen molar-refractivity contribution < 1.29 is 43.4 Å². The topological polar surface area (TPSA) is 147 Å². The maximum Gasteiger partial charge on any atom is 0.476 e. The maximum atomic E-state index is 13.0. The van der Waals surface area contributed by atoms with E-state index in [1.54, 1.807) is 0 Å². The van der Waals surface area contributed by atoms with E-state index in [0.717, 1.165) is 34.5 Å². The average Bonchev–Trinajstić information content (AvgIpc) is 3.07. The maximum absolute atomic E-state index is 13.0. The number of phosphoric acid groups is 1. The second kappa shape index (κ2) is 6.66. The molecule has 0 aliphatic carbocycles. The Labute approximate surface area is 150 Å². The lowest BCUT2D eigenvalue weighted by molar-refractivity contribution is 0.0786. The first-order valence-electron chi connectivity index (χ1n) is 7.24. The SMILES string of the molecule is O=P(O[C@@H]1C=CS(=O)(=O)C1)(O[C@@H]1C=CS(=O)(=O)C1)O[C@H]1C=CS(=O)(=O)C1. The van der Waals surface area contributed by atoms with Crippen LogP contribution in [-0.2, 0) is 47.6 Å². The zero-order chi connectivity index (χ0) is 19.2. The van der Waals surface area contributed by atoms with Gasteiger partial charge in [-0.05, 0) is 18.2 Å². The van der Waals surface area contributed by atoms with Gasteiger partial charge in [-0.3, -0.25) is 13.6 Å². The Morgan fingerprint density at radius 3 is 1.08 bits per heavy atom. The Hall–Kier alpha value is -0.820. The summed E-state index contributed by atoms with van der Waals surface area (Å²) in [5, 5.41) is 2.67. The second-order valence-corrected chi connectivity index (χ2v) is 13.2. The normalized spacial score (nSPS) is 33.8. The van der Waals surface area contributed by atoms with Crippen molar-refractivity contribution in [2.75, 3.05) is 17.3 Å². The first-order valence-corrected chi connectivity index (χ1v) is 13.8. The molecule has 0 aromatic carbocycles. The van der Waals surface area contributed by atoms with E-state index in [1.807, 2.05) is 0 Å². The standard InChI is InChI=1S/C12H15O10PS3/c13-23(20-10-1-4-24(14,15)7-10,21-11-2-5-25(16,17)8-11)22-12-3-6-26(18,19)9-12/h1-6,10-12H,7-9H2/t10-,11-,12+/m1/s1. The van der Waals surface area contributed by atoms with Gasteiger partial charge in [0.15, 0.2) is 29.5 Å². The number of rotatable bonds is 6. The highest BCUT2D eigenvalue weighted by molar-refractivity contribution is 7.95. The molecule has 3 rings (SSSR count). The summed E-state index contributed by atoms with van der Waals surface area (Å²) in [5.74, 6) is -1.45. The van der Waals surface area contributed by atoms with Gasteiger partial charge in [-0.15, -0.1) is 0 Å². The van der Waals surface area contributed by atoms with E-state index in [1.165, 1.54) is 0 Å². The molecule has 0 radical (unpaired) electrons. The molecule has 0 unspecified atom stereocenters. The van der Waals surface area contributed by atoms with Crippen LogP contribution in [0.3, 0.4) is 0 Å². The van der Waals surface area contributed by atoms with Gasteiger partial charge in [0.25, 0.3) is 0 Å². The summed E-state index contributed by atoms with van der Waals surface area (Å²) in [6.45, 7) is 0. The van der Waals surface area contributed by atoms with E-state index in [2.05, 4.69) is 0 Å². The molecule has 0 saturated carbocycles. The highest BCUT2D eigenvalue weighted by atomic mass is 32.2. The zero-order valence-electron chi connectivity index (χ0n) is 13.1. The Morgan fingerprint density at radius 2 is 0.885 bits per heavy atom. The molecule has 0 bridgehead atoms. The first-order chi connectivity index (χ1) is 11.9. The number of sulfone groups is 3. The molecule has 0 fully saturated rings. The minimum absolute atomic E-state index is 0.485. The fourth-order valence-electron chi connectivity index (χ4n) is 2.41. The zero-order valence-corrected chi connectivity index (χ0v) is 16.4. The summed E-state index contributed by atoms with van der Waals surface area (Å²) >= 11 is 0. The number of hydrogen-bond donors (Lipinski definition) is 0. The number of hydrogen-bond acceptors (Lipinski definition) is 10. The van der Waals surface area contributed by atoms with Gasteiger partial charge in [0.2, 0.25) is 0 Å². The van der Waals surface area contributed by atoms with Crippen molar-refractivity contribution in [1.82, 2.24) is 0 Å². The summed E-state index contributed by atoms with van der Waals surface area (Å²) in [7, 11) is -15.0. The predicted molar refractivity (Wildman–Crippen MR) is 91.0 cm³/mol. The molecule has 26 heavy (non-hydrogen) atoms. The molecular weight excluding hydrogens is 431 g/mol. The molecule has 3 aliphatic heterocycles. The van der Waals surface area contributed by atoms with Crippen LogP contribution >= 0.6 is 7.82 Å². The van der Waals surface area contributed by atoms with Crippen molar-refractivity contribution in [3.63, 3.8) is 0 Å². The van der Waals surface area contributed by atoms with Crippen LogP contribution < -0.4 is 0 Å². The van der Waals surface area contributed by atoms with Gasteiger partial charge >= 0.3 is 7.82 Å². The highest BCUT2D eigenvalue weighted by Gasteiger charge is 2.41. The molecule has 0 aromatic heterocycles. The Bertz CT molecular complexity index is 902. The van der Waals surface area contributed by atoms with E-state index in [9.17, 15) is 29.8 Å². The van der Waals surface area contributed by atoms with Gasteiger partial charge in [0.1, 0.15) is 18.3 Å². The quantitative estimate of drug-likeness (QED) is 0.514. The molecule has 0 N–H and O–H groups in total. The Kier molecular flexibility index (Phi) is 5.10. The van der Waals surface area contributed by atoms with E-state index < -0.39 is 72.9 Å². The fourth-order valence-corrected chi connectivity index (χ4v) is 7.78. The molecule has 0 aromatic rings. The molecule has 0 spiro atoms. The third-order valence-electron chi connectivity index (χ3n) is 3.48. The first kappa shape index (κ1) is 19.9. The third-order valence-corrected chi connectivity index (χ3v) is 9.17. The van der Waals surface area contributed by atoms with Crippen molar-refractivity contribution >= 4 is 37.3 Å². The van der Waals surface area contributed by atoms with Gasteiger partial charge in [-0.1, -0.05) is 0 Å². The van der Waals surface area contributed by atoms with Crippen LogP contribution in [-0.4, -0.2) is 60.8 Å². The number of phosphoric ester groups is 1.